The van der Waals surface area contributed by atoms with Crippen LogP contribution in [0.25, 0.3) is 10.9 Å². The van der Waals surface area contributed by atoms with Crippen molar-refractivity contribution in [2.45, 2.75) is 4.90 Å². The van der Waals surface area contributed by atoms with Crippen molar-refractivity contribution in [3.63, 3.8) is 0 Å². The van der Waals surface area contributed by atoms with E-state index in [1.54, 1.807) is 12.1 Å². The molecule has 0 fully saturated rings. The number of aromatic amines is 1. The zero-order valence-electron chi connectivity index (χ0n) is 7.37. The van der Waals surface area contributed by atoms with Gasteiger partial charge in [-0.2, -0.15) is 4.90 Å². The zero-order valence-corrected chi connectivity index (χ0v) is 10.9. The molecule has 1 aromatic heterocycles. The predicted molar refractivity (Wildman–Crippen MR) is 53.0 cm³/mol. The van der Waals surface area contributed by atoms with Crippen LogP contribution in [0, 0.1) is 0 Å². The van der Waals surface area contributed by atoms with Gasteiger partial charge in [-0.15, -0.1) is 0 Å². The first-order valence-corrected chi connectivity index (χ1v) is 4.31. The fourth-order valence-corrected chi connectivity index (χ4v) is 1.52. The average Bonchev–Trinajstić information content (AvgIpc) is 2.12. The SMILES string of the molecule is O=c1[nH]cnc2ccc([S-])c(Cl)c12.[Na+]. The Labute approximate surface area is 113 Å². The minimum absolute atomic E-state index is 0. The molecule has 0 saturated heterocycles. The zero-order chi connectivity index (χ0) is 9.42. The van der Waals surface area contributed by atoms with E-state index in [9.17, 15) is 4.79 Å². The van der Waals surface area contributed by atoms with Crippen LogP contribution in [0.5, 0.6) is 0 Å². The number of fused-ring (bicyclic) bond motifs is 1. The molecule has 3 nitrogen and oxygen atoms in total. The largest absolute Gasteiger partial charge is 1.00 e. The second-order valence-electron chi connectivity index (χ2n) is 2.50. The van der Waals surface area contributed by atoms with Gasteiger partial charge in [-0.3, -0.25) is 4.79 Å². The van der Waals surface area contributed by atoms with E-state index < -0.39 is 0 Å². The molecule has 0 aliphatic heterocycles. The normalized spacial score (nSPS) is 9.79. The summed E-state index contributed by atoms with van der Waals surface area (Å²) < 4.78 is 0. The van der Waals surface area contributed by atoms with Crippen molar-refractivity contribution in [3.05, 3.63) is 33.8 Å². The van der Waals surface area contributed by atoms with Crippen LogP contribution in [-0.4, -0.2) is 9.97 Å². The van der Waals surface area contributed by atoms with Crippen molar-refractivity contribution in [1.29, 1.82) is 0 Å². The summed E-state index contributed by atoms with van der Waals surface area (Å²) in [5.74, 6) is 0. The maximum atomic E-state index is 11.3. The molecule has 1 aromatic carbocycles. The van der Waals surface area contributed by atoms with E-state index in [0.717, 1.165) is 0 Å². The molecule has 0 radical (unpaired) electrons. The second kappa shape index (κ2) is 4.59. The molecule has 0 saturated carbocycles. The van der Waals surface area contributed by atoms with E-state index in [2.05, 4.69) is 9.97 Å². The summed E-state index contributed by atoms with van der Waals surface area (Å²) in [5.41, 5.74) is 0.295. The average molecular weight is 235 g/mol. The molecular weight excluding hydrogens is 231 g/mol. The second-order valence-corrected chi connectivity index (χ2v) is 3.32. The van der Waals surface area contributed by atoms with Gasteiger partial charge < -0.3 is 17.6 Å². The van der Waals surface area contributed by atoms with Gasteiger partial charge in [0.25, 0.3) is 5.56 Å². The Hall–Kier alpha value is -0.130. The van der Waals surface area contributed by atoms with Crippen LogP contribution < -0.4 is 35.1 Å². The Morgan fingerprint density at radius 3 is 2.86 bits per heavy atom. The molecule has 14 heavy (non-hydrogen) atoms. The number of H-pyrrole nitrogens is 1. The number of halogens is 1. The summed E-state index contributed by atoms with van der Waals surface area (Å²) in [5, 5.41) is 0.651. The number of hydrogen-bond acceptors (Lipinski definition) is 3. The molecule has 1 N–H and O–H groups in total. The molecule has 0 unspecified atom stereocenters. The van der Waals surface area contributed by atoms with Gasteiger partial charge in [0.15, 0.2) is 0 Å². The van der Waals surface area contributed by atoms with Crippen LogP contribution in [0.3, 0.4) is 0 Å². The third kappa shape index (κ3) is 1.94. The summed E-state index contributed by atoms with van der Waals surface area (Å²) >= 11 is 10.8. The van der Waals surface area contributed by atoms with Crippen LogP contribution in [0.4, 0.5) is 0 Å². The number of aromatic nitrogens is 2. The summed E-state index contributed by atoms with van der Waals surface area (Å²) in [4.78, 5) is 18.2. The number of nitrogens with zero attached hydrogens (tertiary/aromatic N) is 1. The first kappa shape index (κ1) is 11.9. The predicted octanol–water partition coefficient (Wildman–Crippen LogP) is -1.51. The summed E-state index contributed by atoms with van der Waals surface area (Å²) in [7, 11) is 0. The Kier molecular flexibility index (Phi) is 3.92. The third-order valence-electron chi connectivity index (χ3n) is 1.71. The fraction of sp³-hybridized carbons (Fsp3) is 0. The van der Waals surface area contributed by atoms with Crippen molar-refractivity contribution in [3.8, 4) is 0 Å². The van der Waals surface area contributed by atoms with Gasteiger partial charge in [-0.1, -0.05) is 17.7 Å². The standard InChI is InChI=1S/C8H5ClN2OS.Na/c9-7-5(13)2-1-4-6(7)8(12)11-3-10-4;/h1-3,13H,(H,10,11,12);/q;+1/p-1. The molecule has 0 bridgehead atoms. The Balaban J connectivity index is 0.000000980. The first-order chi connectivity index (χ1) is 6.20. The van der Waals surface area contributed by atoms with Crippen LogP contribution in [-0.2, 0) is 12.6 Å². The smallest absolute Gasteiger partial charge is 0.778 e. The molecule has 2 rings (SSSR count). The Morgan fingerprint density at radius 1 is 1.43 bits per heavy atom. The molecule has 66 valence electrons. The van der Waals surface area contributed by atoms with E-state index in [4.69, 9.17) is 24.2 Å². The van der Waals surface area contributed by atoms with Crippen molar-refractivity contribution in [2.75, 3.05) is 0 Å². The van der Waals surface area contributed by atoms with Crippen molar-refractivity contribution in [2.24, 2.45) is 0 Å². The van der Waals surface area contributed by atoms with Gasteiger partial charge in [0, 0.05) is 5.02 Å². The van der Waals surface area contributed by atoms with Gasteiger partial charge in [-0.05, 0) is 6.07 Å². The maximum Gasteiger partial charge on any atom is 1.00 e. The maximum absolute atomic E-state index is 11.3. The van der Waals surface area contributed by atoms with Gasteiger partial charge in [0.1, 0.15) is 0 Å². The van der Waals surface area contributed by atoms with Crippen LogP contribution in [0.1, 0.15) is 0 Å². The first-order valence-electron chi connectivity index (χ1n) is 3.53. The van der Waals surface area contributed by atoms with E-state index in [1.165, 1.54) is 6.33 Å². The topological polar surface area (TPSA) is 45.8 Å². The molecule has 0 spiro atoms. The monoisotopic (exact) mass is 234 g/mol. The van der Waals surface area contributed by atoms with E-state index in [0.29, 0.717) is 20.8 Å². The number of rotatable bonds is 0. The van der Waals surface area contributed by atoms with Crippen LogP contribution >= 0.6 is 11.6 Å². The molecule has 0 atom stereocenters. The van der Waals surface area contributed by atoms with Gasteiger partial charge >= 0.3 is 29.6 Å². The molecular formula is C8H4ClN2NaOS. The van der Waals surface area contributed by atoms with E-state index in [1.807, 2.05) is 0 Å². The van der Waals surface area contributed by atoms with Gasteiger partial charge in [-0.25, -0.2) is 4.98 Å². The van der Waals surface area contributed by atoms with Gasteiger partial charge in [0.05, 0.1) is 17.2 Å². The van der Waals surface area contributed by atoms with Crippen molar-refractivity contribution < 1.29 is 29.6 Å². The molecule has 6 heteroatoms. The molecule has 0 amide bonds. The van der Waals surface area contributed by atoms with Gasteiger partial charge in [0.2, 0.25) is 0 Å². The van der Waals surface area contributed by atoms with Crippen molar-refractivity contribution in [1.82, 2.24) is 9.97 Å². The Morgan fingerprint density at radius 2 is 2.14 bits per heavy atom. The minimum Gasteiger partial charge on any atom is -0.778 e. The summed E-state index contributed by atoms with van der Waals surface area (Å²) in [6.07, 6.45) is 1.34. The molecule has 0 aliphatic rings. The fourth-order valence-electron chi connectivity index (χ4n) is 1.10. The molecule has 0 aliphatic carbocycles. The number of hydrogen-bond donors (Lipinski definition) is 1. The quantitative estimate of drug-likeness (QED) is 0.445. The molecule has 2 aromatic rings. The Bertz CT molecular complexity index is 528. The molecule has 1 heterocycles. The number of nitrogens with one attached hydrogen (secondary N) is 1. The summed E-state index contributed by atoms with van der Waals surface area (Å²) in [6.45, 7) is 0. The van der Waals surface area contributed by atoms with Crippen LogP contribution in [0.2, 0.25) is 5.02 Å². The van der Waals surface area contributed by atoms with Crippen LogP contribution in [0.15, 0.2) is 28.2 Å². The number of benzene rings is 1. The van der Waals surface area contributed by atoms with E-state index >= 15 is 0 Å². The summed E-state index contributed by atoms with van der Waals surface area (Å²) in [6, 6.07) is 3.34. The minimum atomic E-state index is -0.262. The van der Waals surface area contributed by atoms with E-state index in [-0.39, 0.29) is 35.1 Å². The third-order valence-corrected chi connectivity index (χ3v) is 2.56. The van der Waals surface area contributed by atoms with Crippen molar-refractivity contribution >= 4 is 35.1 Å².